The molecule has 0 aromatic heterocycles. The van der Waals surface area contributed by atoms with Crippen LogP contribution in [-0.2, 0) is 14.8 Å². The van der Waals surface area contributed by atoms with Gasteiger partial charge in [0.05, 0.1) is 11.1 Å². The van der Waals surface area contributed by atoms with Crippen LogP contribution in [0.3, 0.4) is 0 Å². The Labute approximate surface area is 125 Å². The number of carbonyl (C=O) groups is 1. The number of benzene rings is 1. The summed E-state index contributed by atoms with van der Waals surface area (Å²) >= 11 is 0. The highest BCUT2D eigenvalue weighted by Gasteiger charge is 2.44. The highest BCUT2D eigenvalue weighted by atomic mass is 32.2. The Balaban J connectivity index is 2.46. The van der Waals surface area contributed by atoms with Gasteiger partial charge in [0.2, 0.25) is 15.9 Å². The van der Waals surface area contributed by atoms with Crippen molar-refractivity contribution in [3.8, 4) is 0 Å². The average molecular weight is 311 g/mol. The molecule has 7 heteroatoms. The minimum atomic E-state index is -3.73. The third-order valence-electron chi connectivity index (χ3n) is 4.24. The Morgan fingerprint density at radius 2 is 1.86 bits per heavy atom. The van der Waals surface area contributed by atoms with Gasteiger partial charge in [0.15, 0.2) is 0 Å². The van der Waals surface area contributed by atoms with Crippen LogP contribution < -0.4 is 11.5 Å². The van der Waals surface area contributed by atoms with E-state index in [0.29, 0.717) is 12.0 Å². The zero-order chi connectivity index (χ0) is 16.0. The van der Waals surface area contributed by atoms with Crippen LogP contribution in [0.5, 0.6) is 0 Å². The summed E-state index contributed by atoms with van der Waals surface area (Å²) in [5.41, 5.74) is 12.1. The SMILES string of the molecule is Cc1ccc(C)c(S(=O)(=O)N2CCC(C)(C(N)=O)C2)c1N. The molecule has 1 atom stereocenters. The second kappa shape index (κ2) is 4.99. The lowest BCUT2D eigenvalue weighted by Gasteiger charge is -2.22. The number of hydrogen-bond acceptors (Lipinski definition) is 4. The van der Waals surface area contributed by atoms with E-state index in [0.717, 1.165) is 5.56 Å². The van der Waals surface area contributed by atoms with Crippen LogP contribution in [0.4, 0.5) is 5.69 Å². The predicted octanol–water partition coefficient (Wildman–Crippen LogP) is 0.772. The number of hydrogen-bond donors (Lipinski definition) is 2. The summed E-state index contributed by atoms with van der Waals surface area (Å²) in [5, 5.41) is 0. The fourth-order valence-corrected chi connectivity index (χ4v) is 4.56. The van der Waals surface area contributed by atoms with Gasteiger partial charge in [0.25, 0.3) is 0 Å². The first-order valence-corrected chi connectivity index (χ1v) is 8.19. The van der Waals surface area contributed by atoms with Crippen molar-refractivity contribution in [2.24, 2.45) is 11.1 Å². The van der Waals surface area contributed by atoms with Crippen molar-refractivity contribution in [1.29, 1.82) is 0 Å². The lowest BCUT2D eigenvalue weighted by Crippen LogP contribution is -2.39. The van der Waals surface area contributed by atoms with Crippen LogP contribution in [-0.4, -0.2) is 31.7 Å². The smallest absolute Gasteiger partial charge is 0.245 e. The van der Waals surface area contributed by atoms with E-state index in [1.165, 1.54) is 4.31 Å². The van der Waals surface area contributed by atoms with Crippen molar-refractivity contribution in [2.75, 3.05) is 18.8 Å². The molecule has 116 valence electrons. The molecular formula is C14H21N3O3S. The van der Waals surface area contributed by atoms with E-state index >= 15 is 0 Å². The summed E-state index contributed by atoms with van der Waals surface area (Å²) < 4.78 is 27.0. The summed E-state index contributed by atoms with van der Waals surface area (Å²) in [6.07, 6.45) is 0.423. The molecule has 6 nitrogen and oxygen atoms in total. The molecule has 1 saturated heterocycles. The molecule has 1 fully saturated rings. The molecule has 1 heterocycles. The number of nitrogen functional groups attached to an aromatic ring is 1. The molecular weight excluding hydrogens is 290 g/mol. The van der Waals surface area contributed by atoms with E-state index in [1.54, 1.807) is 32.9 Å². The number of aryl methyl sites for hydroxylation is 2. The molecule has 21 heavy (non-hydrogen) atoms. The minimum absolute atomic E-state index is 0.0947. The lowest BCUT2D eigenvalue weighted by molar-refractivity contribution is -0.126. The highest BCUT2D eigenvalue weighted by Crippen LogP contribution is 2.36. The predicted molar refractivity (Wildman–Crippen MR) is 81.0 cm³/mol. The van der Waals surface area contributed by atoms with Crippen LogP contribution >= 0.6 is 0 Å². The Morgan fingerprint density at radius 3 is 2.38 bits per heavy atom. The molecule has 1 unspecified atom stereocenters. The van der Waals surface area contributed by atoms with E-state index in [-0.39, 0.29) is 23.7 Å². The van der Waals surface area contributed by atoms with E-state index in [9.17, 15) is 13.2 Å². The molecule has 1 aromatic rings. The van der Waals surface area contributed by atoms with Gasteiger partial charge >= 0.3 is 0 Å². The largest absolute Gasteiger partial charge is 0.397 e. The summed E-state index contributed by atoms with van der Waals surface area (Å²) in [5.74, 6) is -0.478. The monoisotopic (exact) mass is 311 g/mol. The van der Waals surface area contributed by atoms with Gasteiger partial charge in [-0.1, -0.05) is 12.1 Å². The second-order valence-corrected chi connectivity index (χ2v) is 7.83. The Morgan fingerprint density at radius 1 is 1.29 bits per heavy atom. The minimum Gasteiger partial charge on any atom is -0.397 e. The number of sulfonamides is 1. The lowest BCUT2D eigenvalue weighted by atomic mass is 9.89. The van der Waals surface area contributed by atoms with E-state index in [1.807, 2.05) is 0 Å². The van der Waals surface area contributed by atoms with Crippen LogP contribution in [0.2, 0.25) is 0 Å². The van der Waals surface area contributed by atoms with Gasteiger partial charge in [0, 0.05) is 13.1 Å². The zero-order valence-corrected chi connectivity index (χ0v) is 13.3. The second-order valence-electron chi connectivity index (χ2n) is 5.96. The molecule has 0 bridgehead atoms. The van der Waals surface area contributed by atoms with Crippen LogP contribution in [0.25, 0.3) is 0 Å². The first kappa shape index (κ1) is 15.8. The van der Waals surface area contributed by atoms with Gasteiger partial charge in [-0.3, -0.25) is 4.79 Å². The van der Waals surface area contributed by atoms with Gasteiger partial charge in [-0.2, -0.15) is 4.31 Å². The zero-order valence-electron chi connectivity index (χ0n) is 12.5. The van der Waals surface area contributed by atoms with Crippen molar-refractivity contribution >= 4 is 21.6 Å². The summed E-state index contributed by atoms with van der Waals surface area (Å²) in [6.45, 7) is 5.54. The number of primary amides is 1. The maximum atomic E-state index is 12.8. The molecule has 1 amide bonds. The summed E-state index contributed by atoms with van der Waals surface area (Å²) in [4.78, 5) is 11.6. The standard InChI is InChI=1S/C14H21N3O3S/c1-9-4-5-10(2)12(11(9)15)21(19,20)17-7-6-14(3,8-17)13(16)18/h4-5H,6-8,15H2,1-3H3,(H2,16,18). The van der Waals surface area contributed by atoms with Gasteiger partial charge < -0.3 is 11.5 Å². The van der Waals surface area contributed by atoms with Gasteiger partial charge in [-0.25, -0.2) is 8.42 Å². The Hall–Kier alpha value is -1.60. The molecule has 0 radical (unpaired) electrons. The van der Waals surface area contributed by atoms with Gasteiger partial charge in [0.1, 0.15) is 4.90 Å². The molecule has 4 N–H and O–H groups in total. The first-order valence-electron chi connectivity index (χ1n) is 6.75. The Bertz CT molecular complexity index is 700. The average Bonchev–Trinajstić information content (AvgIpc) is 2.79. The summed E-state index contributed by atoms with van der Waals surface area (Å²) in [7, 11) is -3.73. The first-order chi connectivity index (χ1) is 9.59. The van der Waals surface area contributed by atoms with Crippen LogP contribution in [0, 0.1) is 19.3 Å². The van der Waals surface area contributed by atoms with E-state index in [4.69, 9.17) is 11.5 Å². The van der Waals surface area contributed by atoms with Crippen LogP contribution in [0.15, 0.2) is 17.0 Å². The topological polar surface area (TPSA) is 106 Å². The van der Waals surface area contributed by atoms with Crippen molar-refractivity contribution in [2.45, 2.75) is 32.1 Å². The number of rotatable bonds is 3. The molecule has 1 aliphatic heterocycles. The van der Waals surface area contributed by atoms with Crippen molar-refractivity contribution < 1.29 is 13.2 Å². The number of amides is 1. The molecule has 1 aromatic carbocycles. The quantitative estimate of drug-likeness (QED) is 0.804. The number of nitrogens with zero attached hydrogens (tertiary/aromatic N) is 1. The molecule has 0 saturated carbocycles. The molecule has 2 rings (SSSR count). The van der Waals surface area contributed by atoms with Crippen molar-refractivity contribution in [3.63, 3.8) is 0 Å². The van der Waals surface area contributed by atoms with Crippen LogP contribution in [0.1, 0.15) is 24.5 Å². The van der Waals surface area contributed by atoms with Gasteiger partial charge in [-0.05, 0) is 38.3 Å². The van der Waals surface area contributed by atoms with Crippen molar-refractivity contribution in [1.82, 2.24) is 4.31 Å². The molecule has 1 aliphatic rings. The fraction of sp³-hybridized carbons (Fsp3) is 0.500. The maximum Gasteiger partial charge on any atom is 0.245 e. The normalized spacial score (nSPS) is 23.4. The third kappa shape index (κ3) is 2.51. The molecule has 0 spiro atoms. The Kier molecular flexibility index (Phi) is 3.75. The number of nitrogens with two attached hydrogens (primary N) is 2. The third-order valence-corrected chi connectivity index (χ3v) is 6.29. The molecule has 0 aliphatic carbocycles. The summed E-state index contributed by atoms with van der Waals surface area (Å²) in [6, 6.07) is 3.53. The van der Waals surface area contributed by atoms with E-state index < -0.39 is 21.3 Å². The van der Waals surface area contributed by atoms with Gasteiger partial charge in [-0.15, -0.1) is 0 Å². The van der Waals surface area contributed by atoms with E-state index in [2.05, 4.69) is 0 Å². The fourth-order valence-electron chi connectivity index (χ4n) is 2.60. The maximum absolute atomic E-state index is 12.8. The van der Waals surface area contributed by atoms with Crippen molar-refractivity contribution in [3.05, 3.63) is 23.3 Å². The number of anilines is 1. The highest BCUT2D eigenvalue weighted by molar-refractivity contribution is 7.89. The number of carbonyl (C=O) groups excluding carboxylic acids is 1.